The van der Waals surface area contributed by atoms with Gasteiger partial charge in [-0.25, -0.2) is 8.42 Å². The number of halogens is 1. The van der Waals surface area contributed by atoms with Crippen molar-refractivity contribution in [2.45, 2.75) is 11.8 Å². The van der Waals surface area contributed by atoms with Gasteiger partial charge in [-0.2, -0.15) is 4.31 Å². The minimum atomic E-state index is -3.60. The molecule has 0 heterocycles. The fourth-order valence-electron chi connectivity index (χ4n) is 1.35. The highest BCUT2D eigenvalue weighted by atomic mass is 35.5. The zero-order valence-electron chi connectivity index (χ0n) is 8.93. The van der Waals surface area contributed by atoms with Gasteiger partial charge in [0, 0.05) is 13.1 Å². The summed E-state index contributed by atoms with van der Waals surface area (Å²) in [7, 11) is -3.60. The zero-order chi connectivity index (χ0) is 12.2. The molecule has 1 rings (SSSR count). The average molecular weight is 264 g/mol. The van der Waals surface area contributed by atoms with E-state index in [0.29, 0.717) is 6.54 Å². The second-order valence-electron chi connectivity index (χ2n) is 3.15. The molecule has 0 aliphatic heterocycles. The molecule has 0 fully saturated rings. The first-order chi connectivity index (χ1) is 7.54. The number of aliphatic hydroxyl groups excluding tert-OH is 1. The van der Waals surface area contributed by atoms with Crippen LogP contribution in [0.25, 0.3) is 0 Å². The van der Waals surface area contributed by atoms with Crippen LogP contribution in [0.4, 0.5) is 0 Å². The molecule has 0 spiro atoms. The van der Waals surface area contributed by atoms with Crippen molar-refractivity contribution >= 4 is 21.6 Å². The summed E-state index contributed by atoms with van der Waals surface area (Å²) >= 11 is 5.84. The van der Waals surface area contributed by atoms with E-state index in [4.69, 9.17) is 16.7 Å². The third-order valence-electron chi connectivity index (χ3n) is 2.16. The van der Waals surface area contributed by atoms with Gasteiger partial charge in [0.1, 0.15) is 4.90 Å². The van der Waals surface area contributed by atoms with Gasteiger partial charge in [-0.15, -0.1) is 0 Å². The molecule has 0 radical (unpaired) electrons. The van der Waals surface area contributed by atoms with Gasteiger partial charge in [0.2, 0.25) is 10.0 Å². The summed E-state index contributed by atoms with van der Waals surface area (Å²) in [5.41, 5.74) is 0. The Labute approximate surface area is 101 Å². The minimum absolute atomic E-state index is 0.0735. The molecule has 0 bridgehead atoms. The highest BCUT2D eigenvalue weighted by Gasteiger charge is 2.24. The first-order valence-corrected chi connectivity index (χ1v) is 6.71. The van der Waals surface area contributed by atoms with Crippen LogP contribution in [0.3, 0.4) is 0 Å². The monoisotopic (exact) mass is 263 g/mol. The minimum Gasteiger partial charge on any atom is -0.395 e. The predicted molar refractivity (Wildman–Crippen MR) is 63.0 cm³/mol. The van der Waals surface area contributed by atoms with Crippen molar-refractivity contribution in [3.8, 4) is 0 Å². The second-order valence-corrected chi connectivity index (χ2v) is 5.46. The molecule has 6 heteroatoms. The van der Waals surface area contributed by atoms with E-state index in [1.807, 2.05) is 0 Å². The Morgan fingerprint density at radius 1 is 1.38 bits per heavy atom. The van der Waals surface area contributed by atoms with Crippen LogP contribution >= 0.6 is 11.6 Å². The van der Waals surface area contributed by atoms with E-state index in [-0.39, 0.29) is 23.1 Å². The third-order valence-corrected chi connectivity index (χ3v) is 4.63. The van der Waals surface area contributed by atoms with Crippen molar-refractivity contribution < 1.29 is 13.5 Å². The lowest BCUT2D eigenvalue weighted by Crippen LogP contribution is -2.33. The normalized spacial score (nSPS) is 12.0. The lowest BCUT2D eigenvalue weighted by atomic mass is 10.4. The number of benzene rings is 1. The number of aliphatic hydroxyl groups is 1. The van der Waals surface area contributed by atoms with Gasteiger partial charge >= 0.3 is 0 Å². The van der Waals surface area contributed by atoms with Crippen molar-refractivity contribution in [1.82, 2.24) is 4.31 Å². The maximum absolute atomic E-state index is 12.1. The fraction of sp³-hybridized carbons (Fsp3) is 0.400. The van der Waals surface area contributed by atoms with Gasteiger partial charge in [-0.05, 0) is 12.1 Å². The van der Waals surface area contributed by atoms with Crippen LogP contribution in [0, 0.1) is 0 Å². The molecular formula is C10H14ClNO3S. The summed E-state index contributed by atoms with van der Waals surface area (Å²) in [6.45, 7) is 1.87. The van der Waals surface area contributed by atoms with Crippen molar-refractivity contribution in [3.63, 3.8) is 0 Å². The number of sulfonamides is 1. The maximum Gasteiger partial charge on any atom is 0.244 e. The third kappa shape index (κ3) is 2.74. The molecule has 4 nitrogen and oxygen atoms in total. The van der Waals surface area contributed by atoms with Gasteiger partial charge in [0.05, 0.1) is 11.6 Å². The first kappa shape index (κ1) is 13.4. The largest absolute Gasteiger partial charge is 0.395 e. The molecule has 0 atom stereocenters. The van der Waals surface area contributed by atoms with E-state index in [0.717, 1.165) is 0 Å². The standard InChI is InChI=1S/C10H14ClNO3S/c1-2-12(7-8-13)16(14,15)10-6-4-3-5-9(10)11/h3-6,13H,2,7-8H2,1H3. The highest BCUT2D eigenvalue weighted by molar-refractivity contribution is 7.89. The molecule has 0 saturated carbocycles. The number of hydrogen-bond acceptors (Lipinski definition) is 3. The van der Waals surface area contributed by atoms with Gasteiger partial charge < -0.3 is 5.11 Å². The Balaban J connectivity index is 3.15. The summed E-state index contributed by atoms with van der Waals surface area (Å²) < 4.78 is 25.4. The Bertz CT molecular complexity index is 447. The lowest BCUT2D eigenvalue weighted by molar-refractivity contribution is 0.257. The quantitative estimate of drug-likeness (QED) is 0.872. The Kier molecular flexibility index (Phi) is 4.73. The van der Waals surface area contributed by atoms with E-state index in [2.05, 4.69) is 0 Å². The van der Waals surface area contributed by atoms with E-state index in [1.54, 1.807) is 19.1 Å². The molecular weight excluding hydrogens is 250 g/mol. The molecule has 0 aliphatic carbocycles. The molecule has 1 N–H and O–H groups in total. The van der Waals surface area contributed by atoms with E-state index in [9.17, 15) is 8.42 Å². The number of likely N-dealkylation sites (N-methyl/N-ethyl adjacent to an activating group) is 1. The zero-order valence-corrected chi connectivity index (χ0v) is 10.5. The second kappa shape index (κ2) is 5.63. The topological polar surface area (TPSA) is 57.6 Å². The van der Waals surface area contributed by atoms with E-state index in [1.165, 1.54) is 16.4 Å². The van der Waals surface area contributed by atoms with Crippen molar-refractivity contribution in [2.75, 3.05) is 19.7 Å². The molecule has 0 saturated heterocycles. The number of nitrogens with zero attached hydrogens (tertiary/aromatic N) is 1. The summed E-state index contributed by atoms with van der Waals surface area (Å²) in [5, 5.41) is 9.00. The van der Waals surface area contributed by atoms with Gasteiger partial charge in [0.15, 0.2) is 0 Å². The number of rotatable bonds is 5. The van der Waals surface area contributed by atoms with Crippen LogP contribution in [0.5, 0.6) is 0 Å². The maximum atomic E-state index is 12.1. The smallest absolute Gasteiger partial charge is 0.244 e. The molecule has 0 aromatic heterocycles. The summed E-state index contributed by atoms with van der Waals surface area (Å²) in [6, 6.07) is 6.27. The first-order valence-electron chi connectivity index (χ1n) is 4.89. The van der Waals surface area contributed by atoms with Crippen molar-refractivity contribution in [3.05, 3.63) is 29.3 Å². The molecule has 90 valence electrons. The number of hydrogen-bond donors (Lipinski definition) is 1. The van der Waals surface area contributed by atoms with E-state index >= 15 is 0 Å². The molecule has 0 unspecified atom stereocenters. The Morgan fingerprint density at radius 3 is 2.50 bits per heavy atom. The summed E-state index contributed by atoms with van der Waals surface area (Å²) in [4.78, 5) is 0.0759. The van der Waals surface area contributed by atoms with Crippen LogP contribution < -0.4 is 0 Å². The molecule has 16 heavy (non-hydrogen) atoms. The van der Waals surface area contributed by atoms with Crippen LogP contribution in [-0.4, -0.2) is 37.5 Å². The molecule has 1 aromatic rings. The van der Waals surface area contributed by atoms with Crippen LogP contribution in [-0.2, 0) is 10.0 Å². The molecule has 0 aliphatic rings. The van der Waals surface area contributed by atoms with Crippen molar-refractivity contribution in [2.24, 2.45) is 0 Å². The fourth-order valence-corrected chi connectivity index (χ4v) is 3.29. The Morgan fingerprint density at radius 2 is 2.00 bits per heavy atom. The predicted octanol–water partition coefficient (Wildman–Crippen LogP) is 1.34. The molecule has 0 amide bonds. The van der Waals surface area contributed by atoms with Gasteiger partial charge in [-0.3, -0.25) is 0 Å². The van der Waals surface area contributed by atoms with Gasteiger partial charge in [0.25, 0.3) is 0 Å². The van der Waals surface area contributed by atoms with Crippen molar-refractivity contribution in [1.29, 1.82) is 0 Å². The molecule has 1 aromatic carbocycles. The summed E-state index contributed by atoms with van der Waals surface area (Å²) in [6.07, 6.45) is 0. The van der Waals surface area contributed by atoms with Crippen LogP contribution in [0.2, 0.25) is 5.02 Å². The Hall–Kier alpha value is -0.620. The SMILES string of the molecule is CCN(CCO)S(=O)(=O)c1ccccc1Cl. The van der Waals surface area contributed by atoms with E-state index < -0.39 is 10.0 Å². The van der Waals surface area contributed by atoms with Gasteiger partial charge in [-0.1, -0.05) is 30.7 Å². The highest BCUT2D eigenvalue weighted by Crippen LogP contribution is 2.23. The van der Waals surface area contributed by atoms with Crippen LogP contribution in [0.1, 0.15) is 6.92 Å². The average Bonchev–Trinajstić information content (AvgIpc) is 2.26. The lowest BCUT2D eigenvalue weighted by Gasteiger charge is -2.19. The summed E-state index contributed by atoms with van der Waals surface area (Å²) in [5.74, 6) is 0. The van der Waals surface area contributed by atoms with Crippen LogP contribution in [0.15, 0.2) is 29.2 Å².